The smallest absolute Gasteiger partial charge is 0.317 e. The van der Waals surface area contributed by atoms with Crippen LogP contribution in [0.25, 0.3) is 11.6 Å². The second-order valence-electron chi connectivity index (χ2n) is 4.91. The molecule has 1 fully saturated rings. The van der Waals surface area contributed by atoms with Gasteiger partial charge in [-0.1, -0.05) is 28.7 Å². The molecule has 8 heteroatoms. The lowest BCUT2D eigenvalue weighted by molar-refractivity contribution is -0.464. The number of allylic oxidation sites excluding steroid dienone is 2. The SMILES string of the molecule is O=C1ON(F)N(F)C2(F)C(F)=CC3=c4ccccc4=CC3=C12. The van der Waals surface area contributed by atoms with Gasteiger partial charge in [0.1, 0.15) is 11.0 Å². The van der Waals surface area contributed by atoms with Crippen LogP contribution in [0.2, 0.25) is 0 Å². The number of alkyl halides is 1. The summed E-state index contributed by atoms with van der Waals surface area (Å²) in [6, 6.07) is 6.70. The van der Waals surface area contributed by atoms with Gasteiger partial charge in [-0.3, -0.25) is 0 Å². The predicted octanol–water partition coefficient (Wildman–Crippen LogP) is 1.22. The molecule has 1 aromatic carbocycles. The van der Waals surface area contributed by atoms with Gasteiger partial charge in [0.05, 0.1) is 0 Å². The van der Waals surface area contributed by atoms with E-state index in [0.29, 0.717) is 10.4 Å². The molecule has 1 heterocycles. The van der Waals surface area contributed by atoms with E-state index in [9.17, 15) is 22.5 Å². The fraction of sp³-hybridized carbons (Fsp3) is 0.0714. The predicted molar refractivity (Wildman–Crippen MR) is 65.6 cm³/mol. The lowest BCUT2D eigenvalue weighted by atomic mass is 9.87. The molecule has 0 saturated carbocycles. The monoisotopic (exact) mass is 310 g/mol. The zero-order valence-electron chi connectivity index (χ0n) is 10.7. The standard InChI is InChI=1S/C14H6F4N2O2/c15-11-6-9-8-4-2-1-3-7(8)5-10(9)12-13(21)22-20(18)19(17)14(11,12)16/h1-6H. The number of hydrazine groups is 1. The fourth-order valence-electron chi connectivity index (χ4n) is 2.81. The van der Waals surface area contributed by atoms with Crippen molar-refractivity contribution in [1.29, 1.82) is 0 Å². The lowest BCUT2D eigenvalue weighted by Crippen LogP contribution is -2.57. The first-order chi connectivity index (χ1) is 10.4. The molecule has 3 aliphatic rings. The summed E-state index contributed by atoms with van der Waals surface area (Å²) in [7, 11) is 0. The van der Waals surface area contributed by atoms with Crippen molar-refractivity contribution in [2.45, 2.75) is 5.79 Å². The summed E-state index contributed by atoms with van der Waals surface area (Å²) in [5.41, 5.74) is -0.755. The van der Waals surface area contributed by atoms with Crippen molar-refractivity contribution in [3.8, 4) is 0 Å². The van der Waals surface area contributed by atoms with Crippen LogP contribution in [0.1, 0.15) is 0 Å². The van der Waals surface area contributed by atoms with Crippen molar-refractivity contribution in [3.05, 3.63) is 57.8 Å². The third-order valence-corrected chi connectivity index (χ3v) is 3.78. The Labute approximate surface area is 120 Å². The Morgan fingerprint density at radius 3 is 2.59 bits per heavy atom. The van der Waals surface area contributed by atoms with Gasteiger partial charge in [-0.2, -0.15) is 0 Å². The summed E-state index contributed by atoms with van der Waals surface area (Å²) in [5, 5.41) is -1.35. The second-order valence-corrected chi connectivity index (χ2v) is 4.91. The van der Waals surface area contributed by atoms with E-state index in [4.69, 9.17) is 0 Å². The van der Waals surface area contributed by atoms with Gasteiger partial charge < -0.3 is 4.84 Å². The summed E-state index contributed by atoms with van der Waals surface area (Å²) in [6.07, 6.45) is 2.15. The molecule has 1 saturated heterocycles. The minimum Gasteiger partial charge on any atom is -0.317 e. The summed E-state index contributed by atoms with van der Waals surface area (Å²) < 4.78 is 55.8. The number of halogens is 4. The van der Waals surface area contributed by atoms with Crippen molar-refractivity contribution in [3.63, 3.8) is 0 Å². The van der Waals surface area contributed by atoms with E-state index in [1.807, 2.05) is 0 Å². The van der Waals surface area contributed by atoms with Crippen molar-refractivity contribution >= 4 is 17.6 Å². The number of hydrogen-bond acceptors (Lipinski definition) is 4. The molecular formula is C14H6F4N2O2. The first kappa shape index (κ1) is 13.2. The van der Waals surface area contributed by atoms with Crippen molar-refractivity contribution in [2.75, 3.05) is 0 Å². The molecule has 1 aliphatic heterocycles. The Bertz CT molecular complexity index is 908. The third-order valence-electron chi connectivity index (χ3n) is 3.78. The Balaban J connectivity index is 2.10. The third kappa shape index (κ3) is 1.40. The zero-order valence-corrected chi connectivity index (χ0v) is 10.7. The maximum Gasteiger partial charge on any atom is 0.363 e. The molecule has 2 aliphatic carbocycles. The van der Waals surface area contributed by atoms with Crippen molar-refractivity contribution in [1.82, 2.24) is 10.6 Å². The van der Waals surface area contributed by atoms with Gasteiger partial charge in [0.15, 0.2) is 5.83 Å². The average Bonchev–Trinajstić information content (AvgIpc) is 2.84. The summed E-state index contributed by atoms with van der Waals surface area (Å²) in [6.45, 7) is 0. The van der Waals surface area contributed by atoms with E-state index in [-0.39, 0.29) is 11.1 Å². The Morgan fingerprint density at radius 2 is 1.82 bits per heavy atom. The number of nitrogens with zero attached hydrogens (tertiary/aromatic N) is 2. The van der Waals surface area contributed by atoms with Crippen molar-refractivity contribution in [2.24, 2.45) is 0 Å². The number of hydrogen-bond donors (Lipinski definition) is 0. The molecule has 0 amide bonds. The lowest BCUT2D eigenvalue weighted by Gasteiger charge is -2.38. The largest absolute Gasteiger partial charge is 0.363 e. The molecule has 1 aromatic rings. The number of fused-ring (bicyclic) bond motifs is 3. The van der Waals surface area contributed by atoms with E-state index >= 15 is 0 Å². The zero-order chi connectivity index (χ0) is 15.6. The number of rotatable bonds is 0. The highest BCUT2D eigenvalue weighted by atomic mass is 19.3. The summed E-state index contributed by atoms with van der Waals surface area (Å²) >= 11 is 0. The van der Waals surface area contributed by atoms with E-state index in [1.165, 1.54) is 6.08 Å². The summed E-state index contributed by atoms with van der Waals surface area (Å²) in [4.78, 5) is 15.7. The molecule has 112 valence electrons. The maximum atomic E-state index is 14.8. The summed E-state index contributed by atoms with van der Waals surface area (Å²) in [5.74, 6) is -6.84. The highest BCUT2D eigenvalue weighted by Crippen LogP contribution is 2.48. The minimum atomic E-state index is -3.69. The van der Waals surface area contributed by atoms with Gasteiger partial charge in [0, 0.05) is 5.23 Å². The molecular weight excluding hydrogens is 304 g/mol. The molecule has 1 atom stereocenters. The Kier molecular flexibility index (Phi) is 2.44. The van der Waals surface area contributed by atoms with Crippen LogP contribution in [0.15, 0.2) is 47.3 Å². The van der Waals surface area contributed by atoms with Gasteiger partial charge in [0.2, 0.25) is 0 Å². The molecule has 4 nitrogen and oxygen atoms in total. The normalized spacial score (nSPS) is 27.7. The van der Waals surface area contributed by atoms with E-state index < -0.39 is 33.8 Å². The van der Waals surface area contributed by atoms with Crippen LogP contribution in [0.3, 0.4) is 0 Å². The number of carbonyl (C=O) groups excluding carboxylic acids is 1. The first-order valence-electron chi connectivity index (χ1n) is 6.21. The van der Waals surface area contributed by atoms with Crippen LogP contribution < -0.4 is 10.4 Å². The van der Waals surface area contributed by atoms with Gasteiger partial charge in [-0.25, -0.2) is 13.6 Å². The van der Waals surface area contributed by atoms with E-state index in [0.717, 1.165) is 6.08 Å². The second kappa shape index (κ2) is 4.05. The van der Waals surface area contributed by atoms with Gasteiger partial charge in [-0.15, -0.1) is 4.48 Å². The van der Waals surface area contributed by atoms with Gasteiger partial charge in [0.25, 0.3) is 5.79 Å². The molecule has 0 spiro atoms. The van der Waals surface area contributed by atoms with Crippen LogP contribution in [-0.4, -0.2) is 22.4 Å². The molecule has 0 N–H and O–H groups in total. The molecule has 22 heavy (non-hydrogen) atoms. The fourth-order valence-corrected chi connectivity index (χ4v) is 2.81. The minimum absolute atomic E-state index is 0.0362. The Morgan fingerprint density at radius 1 is 1.09 bits per heavy atom. The average molecular weight is 310 g/mol. The first-order valence-corrected chi connectivity index (χ1v) is 6.21. The molecule has 0 aromatic heterocycles. The topological polar surface area (TPSA) is 32.8 Å². The number of carbonyl (C=O) groups is 1. The highest BCUT2D eigenvalue weighted by Gasteiger charge is 2.61. The quantitative estimate of drug-likeness (QED) is 0.410. The van der Waals surface area contributed by atoms with Crippen LogP contribution in [0.4, 0.5) is 17.7 Å². The maximum absolute atomic E-state index is 14.8. The number of benzene rings is 1. The van der Waals surface area contributed by atoms with Gasteiger partial charge >= 0.3 is 5.97 Å². The van der Waals surface area contributed by atoms with E-state index in [1.54, 1.807) is 24.3 Å². The van der Waals surface area contributed by atoms with Crippen LogP contribution >= 0.6 is 0 Å². The van der Waals surface area contributed by atoms with Gasteiger partial charge in [-0.05, 0) is 33.7 Å². The highest BCUT2D eigenvalue weighted by molar-refractivity contribution is 6.04. The van der Waals surface area contributed by atoms with E-state index in [2.05, 4.69) is 4.84 Å². The van der Waals surface area contributed by atoms with Crippen LogP contribution in [-0.2, 0) is 9.63 Å². The van der Waals surface area contributed by atoms with Crippen LogP contribution in [0, 0.1) is 0 Å². The molecule has 1 unspecified atom stereocenters. The molecule has 4 rings (SSSR count). The van der Waals surface area contributed by atoms with Crippen molar-refractivity contribution < 1.29 is 27.4 Å². The molecule has 0 bridgehead atoms. The Hall–Kier alpha value is -2.45. The molecule has 0 radical (unpaired) electrons. The van der Waals surface area contributed by atoms with Crippen LogP contribution in [0.5, 0.6) is 0 Å².